The normalized spacial score (nSPS) is 11.8. The molecule has 0 unspecified atom stereocenters. The molecule has 0 saturated carbocycles. The van der Waals surface area contributed by atoms with Crippen molar-refractivity contribution in [3.05, 3.63) is 82.1 Å². The van der Waals surface area contributed by atoms with Gasteiger partial charge in [-0.25, -0.2) is 0 Å². The zero-order valence-corrected chi connectivity index (χ0v) is 20.2. The molecule has 3 rings (SSSR count). The molecule has 32 heavy (non-hydrogen) atoms. The summed E-state index contributed by atoms with van der Waals surface area (Å²) in [4.78, 5) is 12.3. The predicted molar refractivity (Wildman–Crippen MR) is 129 cm³/mol. The molecule has 6 nitrogen and oxygen atoms in total. The summed E-state index contributed by atoms with van der Waals surface area (Å²) in [6.07, 6.45) is 1.36. The van der Waals surface area contributed by atoms with Crippen LogP contribution in [0.2, 0.25) is 10.0 Å². The summed E-state index contributed by atoms with van der Waals surface area (Å²) in [5, 5.41) is 13.3. The lowest BCUT2D eigenvalue weighted by Gasteiger charge is -2.17. The number of benzene rings is 2. The van der Waals surface area contributed by atoms with Gasteiger partial charge < -0.3 is 10.1 Å². The highest BCUT2D eigenvalue weighted by Gasteiger charge is 2.20. The SMILES string of the molecule is C=CCn1c(SCC(=O)NCc2ccc(Cl)cc2)nnc1[C@@H](C)Oc1cc(C)ccc1Cl. The van der Waals surface area contributed by atoms with Crippen molar-refractivity contribution in [3.8, 4) is 5.75 Å². The van der Waals surface area contributed by atoms with Crippen molar-refractivity contribution < 1.29 is 9.53 Å². The van der Waals surface area contributed by atoms with Gasteiger partial charge >= 0.3 is 0 Å². The minimum atomic E-state index is -0.394. The van der Waals surface area contributed by atoms with E-state index in [2.05, 4.69) is 22.1 Å². The molecule has 0 aliphatic carbocycles. The number of nitrogens with zero attached hydrogens (tertiary/aromatic N) is 3. The maximum Gasteiger partial charge on any atom is 0.230 e. The molecule has 3 aromatic rings. The number of amides is 1. The second kappa shape index (κ2) is 11.4. The number of aryl methyl sites for hydroxylation is 1. The maximum absolute atomic E-state index is 12.3. The van der Waals surface area contributed by atoms with E-state index in [4.69, 9.17) is 27.9 Å². The first kappa shape index (κ1) is 24.2. The molecule has 0 radical (unpaired) electrons. The lowest BCUT2D eigenvalue weighted by atomic mass is 10.2. The topological polar surface area (TPSA) is 69.0 Å². The number of carbonyl (C=O) groups excluding carboxylic acids is 1. The smallest absolute Gasteiger partial charge is 0.230 e. The highest BCUT2D eigenvalue weighted by molar-refractivity contribution is 7.99. The number of halogens is 2. The van der Waals surface area contributed by atoms with E-state index in [1.807, 2.05) is 42.7 Å². The standard InChI is InChI=1S/C23H24Cl2N4O2S/c1-4-11-29-22(16(3)31-20-12-15(2)5-10-19(20)25)27-28-23(29)32-14-21(30)26-13-17-6-8-18(24)9-7-17/h4-10,12,16H,1,11,13-14H2,2-3H3,(H,26,30)/t16-/m1/s1. The monoisotopic (exact) mass is 490 g/mol. The number of rotatable bonds is 10. The quantitative estimate of drug-likeness (QED) is 0.294. The third-order valence-electron chi connectivity index (χ3n) is 4.55. The fourth-order valence-corrected chi connectivity index (χ4v) is 4.01. The molecule has 1 aromatic heterocycles. The molecule has 0 aliphatic heterocycles. The molecule has 0 aliphatic rings. The molecular weight excluding hydrogens is 467 g/mol. The zero-order valence-electron chi connectivity index (χ0n) is 17.8. The van der Waals surface area contributed by atoms with E-state index >= 15 is 0 Å². The number of carbonyl (C=O) groups is 1. The molecule has 9 heteroatoms. The highest BCUT2D eigenvalue weighted by atomic mass is 35.5. The Balaban J connectivity index is 1.63. The summed E-state index contributed by atoms with van der Waals surface area (Å²) in [5.74, 6) is 1.33. The fraction of sp³-hybridized carbons (Fsp3) is 0.261. The Bertz CT molecular complexity index is 1090. The Morgan fingerprint density at radius 2 is 2.00 bits per heavy atom. The molecule has 0 saturated heterocycles. The number of hydrogen-bond donors (Lipinski definition) is 1. The van der Waals surface area contributed by atoms with Crippen molar-refractivity contribution in [1.29, 1.82) is 0 Å². The van der Waals surface area contributed by atoms with Crippen molar-refractivity contribution in [2.24, 2.45) is 0 Å². The minimum absolute atomic E-state index is 0.101. The third kappa shape index (κ3) is 6.51. The minimum Gasteiger partial charge on any atom is -0.481 e. The average molecular weight is 491 g/mol. The van der Waals surface area contributed by atoms with Crippen molar-refractivity contribution in [2.45, 2.75) is 38.2 Å². The van der Waals surface area contributed by atoms with Crippen LogP contribution in [0.15, 0.2) is 60.3 Å². The summed E-state index contributed by atoms with van der Waals surface area (Å²) in [5.41, 5.74) is 2.02. The molecule has 0 fully saturated rings. The van der Waals surface area contributed by atoms with E-state index in [-0.39, 0.29) is 11.7 Å². The number of ether oxygens (including phenoxy) is 1. The lowest BCUT2D eigenvalue weighted by Crippen LogP contribution is -2.24. The van der Waals surface area contributed by atoms with Crippen molar-refractivity contribution in [3.63, 3.8) is 0 Å². The van der Waals surface area contributed by atoms with Crippen molar-refractivity contribution in [2.75, 3.05) is 5.75 Å². The molecule has 168 valence electrons. The van der Waals surface area contributed by atoms with Crippen LogP contribution in [-0.2, 0) is 17.9 Å². The first-order valence-corrected chi connectivity index (χ1v) is 11.7. The Morgan fingerprint density at radius 3 is 2.72 bits per heavy atom. The fourth-order valence-electron chi connectivity index (χ4n) is 2.94. The van der Waals surface area contributed by atoms with Gasteiger partial charge in [0.1, 0.15) is 5.75 Å². The summed E-state index contributed by atoms with van der Waals surface area (Å²) in [6.45, 7) is 8.60. The van der Waals surface area contributed by atoms with Crippen LogP contribution >= 0.6 is 35.0 Å². The molecule has 0 spiro atoms. The number of nitrogens with one attached hydrogen (secondary N) is 1. The van der Waals surface area contributed by atoms with Crippen LogP contribution in [0, 0.1) is 6.92 Å². The summed E-state index contributed by atoms with van der Waals surface area (Å²) < 4.78 is 7.93. The summed E-state index contributed by atoms with van der Waals surface area (Å²) in [7, 11) is 0. The van der Waals surface area contributed by atoms with Crippen LogP contribution in [0.5, 0.6) is 5.75 Å². The second-order valence-electron chi connectivity index (χ2n) is 7.13. The van der Waals surface area contributed by atoms with Crippen LogP contribution in [0.3, 0.4) is 0 Å². The first-order valence-electron chi connectivity index (χ1n) is 9.98. The van der Waals surface area contributed by atoms with E-state index in [0.717, 1.165) is 11.1 Å². The molecule has 0 bridgehead atoms. The largest absolute Gasteiger partial charge is 0.481 e. The average Bonchev–Trinajstić information content (AvgIpc) is 3.17. The van der Waals surface area contributed by atoms with Gasteiger partial charge in [0.2, 0.25) is 5.91 Å². The lowest BCUT2D eigenvalue weighted by molar-refractivity contribution is -0.118. The van der Waals surface area contributed by atoms with Gasteiger partial charge in [-0.3, -0.25) is 9.36 Å². The van der Waals surface area contributed by atoms with E-state index in [9.17, 15) is 4.79 Å². The Morgan fingerprint density at radius 1 is 1.25 bits per heavy atom. The zero-order chi connectivity index (χ0) is 23.1. The van der Waals surface area contributed by atoms with E-state index in [0.29, 0.717) is 39.9 Å². The van der Waals surface area contributed by atoms with Crippen LogP contribution < -0.4 is 10.1 Å². The Kier molecular flexibility index (Phi) is 8.61. The summed E-state index contributed by atoms with van der Waals surface area (Å²) >= 11 is 13.5. The van der Waals surface area contributed by atoms with Crippen molar-refractivity contribution >= 4 is 40.9 Å². The van der Waals surface area contributed by atoms with Gasteiger partial charge in [0, 0.05) is 18.1 Å². The van der Waals surface area contributed by atoms with Gasteiger partial charge in [0.25, 0.3) is 0 Å². The van der Waals surface area contributed by atoms with Gasteiger partial charge in [0.05, 0.1) is 10.8 Å². The molecule has 2 aromatic carbocycles. The maximum atomic E-state index is 12.3. The number of allylic oxidation sites excluding steroid dienone is 1. The van der Waals surface area contributed by atoms with Gasteiger partial charge in [-0.15, -0.1) is 16.8 Å². The van der Waals surface area contributed by atoms with Crippen molar-refractivity contribution in [1.82, 2.24) is 20.1 Å². The highest BCUT2D eigenvalue weighted by Crippen LogP contribution is 2.30. The molecule has 1 N–H and O–H groups in total. The van der Waals surface area contributed by atoms with E-state index in [1.165, 1.54) is 11.8 Å². The second-order valence-corrected chi connectivity index (χ2v) is 8.91. The van der Waals surface area contributed by atoms with E-state index in [1.54, 1.807) is 24.3 Å². The molecular formula is C23H24Cl2N4O2S. The molecule has 1 heterocycles. The van der Waals surface area contributed by atoms with Gasteiger partial charge in [-0.1, -0.05) is 59.2 Å². The molecule has 1 atom stereocenters. The van der Waals surface area contributed by atoms with Crippen LogP contribution in [0.25, 0.3) is 0 Å². The van der Waals surface area contributed by atoms with Gasteiger partial charge in [0.15, 0.2) is 17.1 Å². The van der Waals surface area contributed by atoms with Gasteiger partial charge in [-0.2, -0.15) is 0 Å². The Labute approximate surface area is 202 Å². The van der Waals surface area contributed by atoms with Crippen LogP contribution in [-0.4, -0.2) is 26.4 Å². The van der Waals surface area contributed by atoms with Gasteiger partial charge in [-0.05, 0) is 49.2 Å². The third-order valence-corrected chi connectivity index (χ3v) is 6.08. The number of aromatic nitrogens is 3. The molecule has 1 amide bonds. The Hall–Kier alpha value is -2.48. The number of thioether (sulfide) groups is 1. The number of hydrogen-bond acceptors (Lipinski definition) is 5. The van der Waals surface area contributed by atoms with Crippen LogP contribution in [0.4, 0.5) is 0 Å². The van der Waals surface area contributed by atoms with E-state index < -0.39 is 6.10 Å². The summed E-state index contributed by atoms with van der Waals surface area (Å²) in [6, 6.07) is 13.0. The van der Waals surface area contributed by atoms with Crippen LogP contribution in [0.1, 0.15) is 30.0 Å². The predicted octanol–water partition coefficient (Wildman–Crippen LogP) is 5.63. The first-order chi connectivity index (χ1) is 15.4.